The van der Waals surface area contributed by atoms with Gasteiger partial charge in [0.2, 0.25) is 0 Å². The van der Waals surface area contributed by atoms with Gasteiger partial charge in [-0.05, 0) is 37.3 Å². The van der Waals surface area contributed by atoms with Crippen LogP contribution >= 0.6 is 11.8 Å². The molecule has 4 nitrogen and oxygen atoms in total. The molecule has 1 aliphatic heterocycles. The van der Waals surface area contributed by atoms with E-state index in [4.69, 9.17) is 5.73 Å². The molecule has 1 aromatic heterocycles. The lowest BCUT2D eigenvalue weighted by Gasteiger charge is -2.17. The van der Waals surface area contributed by atoms with Crippen molar-refractivity contribution in [3.8, 4) is 0 Å². The van der Waals surface area contributed by atoms with E-state index in [1.54, 1.807) is 0 Å². The number of rotatable bonds is 4. The maximum atomic E-state index is 5.46. The number of nitrogens with two attached hydrogens (primary N) is 1. The third-order valence-corrected chi connectivity index (χ3v) is 3.80. The van der Waals surface area contributed by atoms with Crippen LogP contribution in [0.4, 0.5) is 0 Å². The van der Waals surface area contributed by atoms with Crippen molar-refractivity contribution in [2.45, 2.75) is 31.6 Å². The van der Waals surface area contributed by atoms with E-state index in [0.29, 0.717) is 5.92 Å². The summed E-state index contributed by atoms with van der Waals surface area (Å²) in [4.78, 5) is 4.54. The summed E-state index contributed by atoms with van der Waals surface area (Å²) in [6.07, 6.45) is 4.35. The smallest absolute Gasteiger partial charge is 0.153 e. The fraction of sp³-hybridized carbons (Fsp3) is 0.800. The predicted octanol–water partition coefficient (Wildman–Crippen LogP) is 1.31. The second-order valence-electron chi connectivity index (χ2n) is 3.92. The molecule has 0 amide bonds. The van der Waals surface area contributed by atoms with E-state index in [1.807, 2.05) is 11.8 Å². The first kappa shape index (κ1) is 11.0. The summed E-state index contributed by atoms with van der Waals surface area (Å²) in [6.45, 7) is 0.718. The number of aromatic amines is 1. The zero-order valence-electron chi connectivity index (χ0n) is 8.91. The summed E-state index contributed by atoms with van der Waals surface area (Å²) in [6, 6.07) is 0. The minimum absolute atomic E-state index is 0.578. The average molecular weight is 226 g/mol. The van der Waals surface area contributed by atoms with Crippen LogP contribution < -0.4 is 5.73 Å². The molecular weight excluding hydrogens is 208 g/mol. The van der Waals surface area contributed by atoms with E-state index in [1.165, 1.54) is 24.3 Å². The number of thioether (sulfide) groups is 1. The highest BCUT2D eigenvalue weighted by molar-refractivity contribution is 7.99. The Morgan fingerprint density at radius 2 is 2.20 bits per heavy atom. The van der Waals surface area contributed by atoms with Gasteiger partial charge in [0.1, 0.15) is 5.82 Å². The van der Waals surface area contributed by atoms with E-state index >= 15 is 0 Å². The predicted molar refractivity (Wildman–Crippen MR) is 63.1 cm³/mol. The number of H-pyrrole nitrogens is 1. The van der Waals surface area contributed by atoms with Crippen LogP contribution in [0.25, 0.3) is 0 Å². The Morgan fingerprint density at radius 1 is 1.40 bits per heavy atom. The standard InChI is InChI=1S/C10H18N4S/c11-5-1-2-9-12-10(14-13-9)8-3-6-15-7-4-8/h8H,1-7,11H2,(H,12,13,14). The molecule has 0 saturated carbocycles. The number of aryl methyl sites for hydroxylation is 1. The van der Waals surface area contributed by atoms with Crippen molar-refractivity contribution in [2.75, 3.05) is 18.1 Å². The molecule has 1 aliphatic rings. The molecule has 0 aliphatic carbocycles. The Kier molecular flexibility index (Phi) is 4.02. The second-order valence-corrected chi connectivity index (χ2v) is 5.14. The summed E-state index contributed by atoms with van der Waals surface area (Å²) in [5, 5.41) is 7.32. The fourth-order valence-corrected chi connectivity index (χ4v) is 2.94. The molecule has 15 heavy (non-hydrogen) atoms. The minimum atomic E-state index is 0.578. The molecule has 5 heteroatoms. The molecule has 2 rings (SSSR count). The van der Waals surface area contributed by atoms with Gasteiger partial charge in [-0.3, -0.25) is 5.10 Å². The third-order valence-electron chi connectivity index (χ3n) is 2.75. The van der Waals surface area contributed by atoms with Crippen LogP contribution in [0.5, 0.6) is 0 Å². The van der Waals surface area contributed by atoms with Crippen molar-refractivity contribution in [1.82, 2.24) is 15.2 Å². The first-order valence-corrected chi connectivity index (χ1v) is 6.74. The molecule has 0 spiro atoms. The van der Waals surface area contributed by atoms with E-state index in [9.17, 15) is 0 Å². The van der Waals surface area contributed by atoms with Gasteiger partial charge in [0.15, 0.2) is 5.82 Å². The summed E-state index contributed by atoms with van der Waals surface area (Å²) in [5.41, 5.74) is 5.46. The topological polar surface area (TPSA) is 67.6 Å². The maximum absolute atomic E-state index is 5.46. The van der Waals surface area contributed by atoms with Crippen LogP contribution in [-0.2, 0) is 6.42 Å². The van der Waals surface area contributed by atoms with Gasteiger partial charge in [-0.15, -0.1) is 0 Å². The second kappa shape index (κ2) is 5.51. The van der Waals surface area contributed by atoms with Gasteiger partial charge in [-0.2, -0.15) is 16.9 Å². The number of hydrogen-bond acceptors (Lipinski definition) is 4. The molecule has 2 heterocycles. The lowest BCUT2D eigenvalue weighted by Crippen LogP contribution is -2.09. The normalized spacial score (nSPS) is 18.2. The molecule has 0 bridgehead atoms. The van der Waals surface area contributed by atoms with Crippen molar-refractivity contribution in [3.05, 3.63) is 11.6 Å². The lowest BCUT2D eigenvalue weighted by atomic mass is 10.0. The molecule has 1 fully saturated rings. The highest BCUT2D eigenvalue weighted by Gasteiger charge is 2.19. The minimum Gasteiger partial charge on any atom is -0.330 e. The molecule has 0 atom stereocenters. The van der Waals surface area contributed by atoms with Gasteiger partial charge < -0.3 is 5.73 Å². The Balaban J connectivity index is 1.93. The number of nitrogens with zero attached hydrogens (tertiary/aromatic N) is 2. The number of aromatic nitrogens is 3. The van der Waals surface area contributed by atoms with Gasteiger partial charge in [-0.25, -0.2) is 4.98 Å². The Labute approximate surface area is 94.4 Å². The molecule has 1 aromatic rings. The summed E-state index contributed by atoms with van der Waals surface area (Å²) < 4.78 is 0. The summed E-state index contributed by atoms with van der Waals surface area (Å²) in [7, 11) is 0. The van der Waals surface area contributed by atoms with E-state index in [0.717, 1.165) is 31.0 Å². The van der Waals surface area contributed by atoms with Crippen molar-refractivity contribution >= 4 is 11.8 Å². The van der Waals surface area contributed by atoms with Gasteiger partial charge in [0.05, 0.1) is 0 Å². The molecule has 0 unspecified atom stereocenters. The molecule has 0 radical (unpaired) electrons. The van der Waals surface area contributed by atoms with Crippen molar-refractivity contribution in [2.24, 2.45) is 5.73 Å². The van der Waals surface area contributed by atoms with E-state index in [2.05, 4.69) is 15.2 Å². The molecule has 3 N–H and O–H groups in total. The Hall–Kier alpha value is -0.550. The summed E-state index contributed by atoms with van der Waals surface area (Å²) >= 11 is 2.03. The van der Waals surface area contributed by atoms with Crippen molar-refractivity contribution in [1.29, 1.82) is 0 Å². The van der Waals surface area contributed by atoms with Crippen molar-refractivity contribution < 1.29 is 0 Å². The summed E-state index contributed by atoms with van der Waals surface area (Å²) in [5.74, 6) is 5.08. The quantitative estimate of drug-likeness (QED) is 0.812. The molecular formula is C10H18N4S. The van der Waals surface area contributed by atoms with Gasteiger partial charge in [-0.1, -0.05) is 0 Å². The van der Waals surface area contributed by atoms with Gasteiger partial charge in [0.25, 0.3) is 0 Å². The Bertz CT molecular complexity index is 293. The van der Waals surface area contributed by atoms with Crippen LogP contribution in [0.1, 0.15) is 36.8 Å². The zero-order valence-corrected chi connectivity index (χ0v) is 9.72. The number of nitrogens with one attached hydrogen (secondary N) is 1. The maximum Gasteiger partial charge on any atom is 0.153 e. The Morgan fingerprint density at radius 3 is 2.93 bits per heavy atom. The first-order valence-electron chi connectivity index (χ1n) is 5.59. The monoisotopic (exact) mass is 226 g/mol. The fourth-order valence-electron chi connectivity index (χ4n) is 1.83. The van der Waals surface area contributed by atoms with E-state index < -0.39 is 0 Å². The van der Waals surface area contributed by atoms with Gasteiger partial charge in [0, 0.05) is 12.3 Å². The highest BCUT2D eigenvalue weighted by Crippen LogP contribution is 2.29. The van der Waals surface area contributed by atoms with Crippen LogP contribution in [0.3, 0.4) is 0 Å². The zero-order chi connectivity index (χ0) is 10.5. The third kappa shape index (κ3) is 2.95. The molecule has 0 aromatic carbocycles. The molecule has 1 saturated heterocycles. The van der Waals surface area contributed by atoms with Gasteiger partial charge >= 0.3 is 0 Å². The SMILES string of the molecule is NCCCc1nc(C2CCSCC2)n[nH]1. The van der Waals surface area contributed by atoms with Crippen LogP contribution in [0.2, 0.25) is 0 Å². The lowest BCUT2D eigenvalue weighted by molar-refractivity contribution is 0.600. The largest absolute Gasteiger partial charge is 0.330 e. The van der Waals surface area contributed by atoms with Crippen molar-refractivity contribution in [3.63, 3.8) is 0 Å². The van der Waals surface area contributed by atoms with Crippen LogP contribution in [0.15, 0.2) is 0 Å². The van der Waals surface area contributed by atoms with Crippen LogP contribution in [0, 0.1) is 0 Å². The van der Waals surface area contributed by atoms with Crippen LogP contribution in [-0.4, -0.2) is 33.2 Å². The van der Waals surface area contributed by atoms with E-state index in [-0.39, 0.29) is 0 Å². The average Bonchev–Trinajstić information content (AvgIpc) is 2.76. The highest BCUT2D eigenvalue weighted by atomic mass is 32.2. The first-order chi connectivity index (χ1) is 7.40. The number of hydrogen-bond donors (Lipinski definition) is 2. The molecule has 84 valence electrons.